The summed E-state index contributed by atoms with van der Waals surface area (Å²) in [5.74, 6) is 0. The van der Waals surface area contributed by atoms with Crippen LogP contribution in [-0.2, 0) is 4.74 Å². The molecule has 2 heteroatoms. The van der Waals surface area contributed by atoms with Crippen LogP contribution in [0.15, 0.2) is 12.7 Å². The fourth-order valence-electron chi connectivity index (χ4n) is 1.63. The predicted octanol–water partition coefficient (Wildman–Crippen LogP) is 1.88. The van der Waals surface area contributed by atoms with E-state index in [4.69, 9.17) is 4.74 Å². The molecule has 1 N–H and O–H groups in total. The summed E-state index contributed by atoms with van der Waals surface area (Å²) < 4.78 is 5.75. The Balaban J connectivity index is 2.75. The van der Waals surface area contributed by atoms with Gasteiger partial charge in [-0.15, -0.1) is 6.58 Å². The van der Waals surface area contributed by atoms with Gasteiger partial charge in [0.1, 0.15) is 0 Å². The van der Waals surface area contributed by atoms with Crippen LogP contribution in [0.4, 0.5) is 0 Å². The molecule has 70 valence electrons. The summed E-state index contributed by atoms with van der Waals surface area (Å²) in [6.45, 7) is 9.58. The maximum absolute atomic E-state index is 9.61. The van der Waals surface area contributed by atoms with Crippen molar-refractivity contribution in [2.24, 2.45) is 0 Å². The van der Waals surface area contributed by atoms with Gasteiger partial charge in [0.25, 0.3) is 0 Å². The van der Waals surface area contributed by atoms with E-state index >= 15 is 0 Å². The monoisotopic (exact) mass is 170 g/mol. The molecular formula is C10H18O2. The molecule has 1 unspecified atom stereocenters. The molecule has 0 amide bonds. The second-order valence-corrected chi connectivity index (χ2v) is 4.28. The SMILES string of the molecule is C=C[C@]1(C)CCC(O)C(C)(C)O1. The lowest BCUT2D eigenvalue weighted by atomic mass is 9.86. The molecule has 0 bridgehead atoms. The van der Waals surface area contributed by atoms with E-state index in [2.05, 4.69) is 6.58 Å². The molecule has 2 atom stereocenters. The molecule has 0 aromatic carbocycles. The normalized spacial score (nSPS) is 40.8. The second kappa shape index (κ2) is 2.86. The van der Waals surface area contributed by atoms with E-state index in [-0.39, 0.29) is 11.7 Å². The van der Waals surface area contributed by atoms with Gasteiger partial charge in [-0.1, -0.05) is 6.08 Å². The van der Waals surface area contributed by atoms with Crippen LogP contribution in [0.5, 0.6) is 0 Å². The van der Waals surface area contributed by atoms with Gasteiger partial charge in [0, 0.05) is 0 Å². The third-order valence-corrected chi connectivity index (χ3v) is 2.64. The topological polar surface area (TPSA) is 29.5 Å². The Morgan fingerprint density at radius 3 is 2.50 bits per heavy atom. The van der Waals surface area contributed by atoms with E-state index in [1.165, 1.54) is 0 Å². The number of aliphatic hydroxyl groups is 1. The van der Waals surface area contributed by atoms with Gasteiger partial charge in [-0.05, 0) is 33.6 Å². The second-order valence-electron chi connectivity index (χ2n) is 4.28. The fourth-order valence-corrected chi connectivity index (χ4v) is 1.63. The Hall–Kier alpha value is -0.340. The van der Waals surface area contributed by atoms with Crippen LogP contribution < -0.4 is 0 Å². The van der Waals surface area contributed by atoms with Crippen molar-refractivity contribution in [3.63, 3.8) is 0 Å². The molecule has 1 aliphatic rings. The maximum atomic E-state index is 9.61. The smallest absolute Gasteiger partial charge is 0.0895 e. The number of rotatable bonds is 1. The third-order valence-electron chi connectivity index (χ3n) is 2.64. The van der Waals surface area contributed by atoms with Crippen LogP contribution in [0.25, 0.3) is 0 Å². The predicted molar refractivity (Wildman–Crippen MR) is 49.0 cm³/mol. The van der Waals surface area contributed by atoms with Gasteiger partial charge in [0.15, 0.2) is 0 Å². The first-order chi connectivity index (χ1) is 5.40. The van der Waals surface area contributed by atoms with Gasteiger partial charge in [-0.25, -0.2) is 0 Å². The average molecular weight is 170 g/mol. The molecule has 0 aromatic heterocycles. The first-order valence-electron chi connectivity index (χ1n) is 4.41. The minimum atomic E-state index is -0.443. The van der Waals surface area contributed by atoms with Crippen molar-refractivity contribution in [2.75, 3.05) is 0 Å². The van der Waals surface area contributed by atoms with Crippen molar-refractivity contribution in [1.82, 2.24) is 0 Å². The average Bonchev–Trinajstić information content (AvgIpc) is 1.97. The molecule has 1 rings (SSSR count). The van der Waals surface area contributed by atoms with Crippen LogP contribution in [0.3, 0.4) is 0 Å². The van der Waals surface area contributed by atoms with Gasteiger partial charge in [-0.2, -0.15) is 0 Å². The standard InChI is InChI=1S/C10H18O2/c1-5-10(4)7-6-8(11)9(2,3)12-10/h5,8,11H,1,6-7H2,2-4H3/t8?,10-/m1/s1. The minimum Gasteiger partial charge on any atom is -0.390 e. The Morgan fingerprint density at radius 1 is 1.50 bits per heavy atom. The Morgan fingerprint density at radius 2 is 2.08 bits per heavy atom. The molecule has 1 heterocycles. The van der Waals surface area contributed by atoms with Gasteiger partial charge >= 0.3 is 0 Å². The van der Waals surface area contributed by atoms with E-state index in [9.17, 15) is 5.11 Å². The highest BCUT2D eigenvalue weighted by Crippen LogP contribution is 2.35. The van der Waals surface area contributed by atoms with Gasteiger partial charge in [0.2, 0.25) is 0 Å². The zero-order valence-corrected chi connectivity index (χ0v) is 8.13. The Labute approximate surface area is 74.2 Å². The van der Waals surface area contributed by atoms with Crippen molar-refractivity contribution in [3.05, 3.63) is 12.7 Å². The molecule has 0 aliphatic carbocycles. The molecule has 1 saturated heterocycles. The van der Waals surface area contributed by atoms with Crippen LogP contribution in [-0.4, -0.2) is 22.4 Å². The van der Waals surface area contributed by atoms with Gasteiger partial charge in [0.05, 0.1) is 17.3 Å². The first kappa shape index (κ1) is 9.75. The number of ether oxygens (including phenoxy) is 1. The quantitative estimate of drug-likeness (QED) is 0.609. The van der Waals surface area contributed by atoms with Crippen LogP contribution in [0.1, 0.15) is 33.6 Å². The van der Waals surface area contributed by atoms with Crippen molar-refractivity contribution in [2.45, 2.75) is 50.9 Å². The molecular weight excluding hydrogens is 152 g/mol. The minimum absolute atomic E-state index is 0.261. The molecule has 0 radical (unpaired) electrons. The maximum Gasteiger partial charge on any atom is 0.0895 e. The first-order valence-corrected chi connectivity index (χ1v) is 4.41. The van der Waals surface area contributed by atoms with E-state index in [0.29, 0.717) is 0 Å². The van der Waals surface area contributed by atoms with Gasteiger partial charge in [-0.3, -0.25) is 0 Å². The number of hydrogen-bond acceptors (Lipinski definition) is 2. The highest BCUT2D eigenvalue weighted by atomic mass is 16.5. The summed E-state index contributed by atoms with van der Waals surface area (Å²) >= 11 is 0. The molecule has 2 nitrogen and oxygen atoms in total. The zero-order valence-electron chi connectivity index (χ0n) is 8.13. The Bertz CT molecular complexity index is 186. The van der Waals surface area contributed by atoms with Crippen LogP contribution in [0.2, 0.25) is 0 Å². The molecule has 0 spiro atoms. The molecule has 0 saturated carbocycles. The van der Waals surface area contributed by atoms with Crippen molar-refractivity contribution in [3.8, 4) is 0 Å². The van der Waals surface area contributed by atoms with Crippen LogP contribution in [0, 0.1) is 0 Å². The summed E-state index contributed by atoms with van der Waals surface area (Å²) in [4.78, 5) is 0. The summed E-state index contributed by atoms with van der Waals surface area (Å²) in [5.41, 5.74) is -0.704. The molecule has 0 aromatic rings. The van der Waals surface area contributed by atoms with Crippen molar-refractivity contribution >= 4 is 0 Å². The van der Waals surface area contributed by atoms with Crippen LogP contribution >= 0.6 is 0 Å². The van der Waals surface area contributed by atoms with E-state index in [0.717, 1.165) is 12.8 Å². The zero-order chi connectivity index (χ0) is 9.41. The van der Waals surface area contributed by atoms with E-state index < -0.39 is 5.60 Å². The lowest BCUT2D eigenvalue weighted by Gasteiger charge is -2.44. The van der Waals surface area contributed by atoms with Gasteiger partial charge < -0.3 is 9.84 Å². The van der Waals surface area contributed by atoms with E-state index in [1.807, 2.05) is 26.8 Å². The highest BCUT2D eigenvalue weighted by molar-refractivity contribution is 5.01. The van der Waals surface area contributed by atoms with Crippen molar-refractivity contribution in [1.29, 1.82) is 0 Å². The number of aliphatic hydroxyl groups excluding tert-OH is 1. The fraction of sp³-hybridized carbons (Fsp3) is 0.800. The molecule has 1 fully saturated rings. The number of hydrogen-bond donors (Lipinski definition) is 1. The molecule has 12 heavy (non-hydrogen) atoms. The summed E-state index contributed by atoms with van der Waals surface area (Å²) in [7, 11) is 0. The largest absolute Gasteiger partial charge is 0.390 e. The summed E-state index contributed by atoms with van der Waals surface area (Å²) in [5, 5.41) is 9.61. The van der Waals surface area contributed by atoms with Crippen molar-refractivity contribution < 1.29 is 9.84 Å². The Kier molecular flexibility index (Phi) is 2.32. The lowest BCUT2D eigenvalue weighted by Crippen LogP contribution is -2.51. The highest BCUT2D eigenvalue weighted by Gasteiger charge is 2.41. The lowest BCUT2D eigenvalue weighted by molar-refractivity contribution is -0.195. The molecule has 1 aliphatic heterocycles. The summed E-state index contributed by atoms with van der Waals surface area (Å²) in [6.07, 6.45) is 3.10. The van der Waals surface area contributed by atoms with E-state index in [1.54, 1.807) is 0 Å². The summed E-state index contributed by atoms with van der Waals surface area (Å²) in [6, 6.07) is 0. The third kappa shape index (κ3) is 1.70.